The Labute approximate surface area is 204 Å². The van der Waals surface area contributed by atoms with Gasteiger partial charge in [0.1, 0.15) is 23.7 Å². The highest BCUT2D eigenvalue weighted by Crippen LogP contribution is 2.40. The van der Waals surface area contributed by atoms with Gasteiger partial charge in [0.25, 0.3) is 11.7 Å². The van der Waals surface area contributed by atoms with Crippen LogP contribution in [0.15, 0.2) is 60.8 Å². The molecule has 0 spiro atoms. The van der Waals surface area contributed by atoms with Crippen LogP contribution in [-0.4, -0.2) is 57.9 Å². The number of pyridine rings is 1. The molecule has 35 heavy (non-hydrogen) atoms. The summed E-state index contributed by atoms with van der Waals surface area (Å²) >= 11 is 0. The number of benzene rings is 1. The molecule has 3 heterocycles. The molecule has 0 bridgehead atoms. The maximum absolute atomic E-state index is 13.3. The van der Waals surface area contributed by atoms with Gasteiger partial charge in [-0.1, -0.05) is 30.9 Å². The number of aliphatic hydroxyl groups excluding tert-OH is 1. The van der Waals surface area contributed by atoms with E-state index in [4.69, 9.17) is 9.47 Å². The number of aromatic nitrogens is 2. The third-order valence-electron chi connectivity index (χ3n) is 6.14. The molecule has 1 amide bonds. The number of methoxy groups -OCH3 is 1. The van der Waals surface area contributed by atoms with Crippen molar-refractivity contribution in [3.63, 3.8) is 0 Å². The number of amides is 1. The van der Waals surface area contributed by atoms with E-state index in [0.29, 0.717) is 48.8 Å². The average molecular weight is 476 g/mol. The Morgan fingerprint density at radius 2 is 2.03 bits per heavy atom. The number of fused-ring (bicyclic) bond motifs is 1. The molecule has 0 radical (unpaired) electrons. The Morgan fingerprint density at radius 1 is 1.23 bits per heavy atom. The van der Waals surface area contributed by atoms with Crippen LogP contribution in [-0.2, 0) is 14.3 Å². The number of rotatable bonds is 9. The van der Waals surface area contributed by atoms with Crippen LogP contribution in [0.1, 0.15) is 35.0 Å². The van der Waals surface area contributed by atoms with E-state index in [1.807, 2.05) is 42.6 Å². The molecule has 3 aromatic rings. The third kappa shape index (κ3) is 4.44. The molecule has 1 fully saturated rings. The zero-order valence-electron chi connectivity index (χ0n) is 20.2. The summed E-state index contributed by atoms with van der Waals surface area (Å²) in [7, 11) is 1.58. The van der Waals surface area contributed by atoms with E-state index in [0.717, 1.165) is 5.56 Å². The van der Waals surface area contributed by atoms with Gasteiger partial charge in [0.2, 0.25) is 0 Å². The fourth-order valence-electron chi connectivity index (χ4n) is 4.44. The number of aryl methyl sites for hydroxylation is 2. The summed E-state index contributed by atoms with van der Waals surface area (Å²) < 4.78 is 12.7. The van der Waals surface area contributed by atoms with Gasteiger partial charge in [0, 0.05) is 26.5 Å². The minimum absolute atomic E-state index is 0.0115. The van der Waals surface area contributed by atoms with Crippen LogP contribution >= 0.6 is 0 Å². The van der Waals surface area contributed by atoms with Gasteiger partial charge in [-0.05, 0) is 49.6 Å². The van der Waals surface area contributed by atoms with Crippen LogP contribution in [0.3, 0.4) is 0 Å². The first kappa shape index (κ1) is 24.2. The number of likely N-dealkylation sites (tertiary alicyclic amines) is 1. The Kier molecular flexibility index (Phi) is 7.02. The number of aliphatic hydroxyl groups is 1. The van der Waals surface area contributed by atoms with Gasteiger partial charge in [-0.15, -0.1) is 0 Å². The van der Waals surface area contributed by atoms with E-state index in [1.165, 1.54) is 4.90 Å². The molecule has 0 saturated carbocycles. The molecule has 1 atom stereocenters. The number of imidazole rings is 1. The largest absolute Gasteiger partial charge is 0.505 e. The van der Waals surface area contributed by atoms with Crippen molar-refractivity contribution in [2.24, 2.45) is 0 Å². The third-order valence-corrected chi connectivity index (χ3v) is 6.14. The first-order valence-corrected chi connectivity index (χ1v) is 11.4. The molecule has 1 saturated heterocycles. The van der Waals surface area contributed by atoms with Gasteiger partial charge in [-0.3, -0.25) is 9.59 Å². The quantitative estimate of drug-likeness (QED) is 0.165. The second-order valence-corrected chi connectivity index (χ2v) is 8.44. The average Bonchev–Trinajstić information content (AvgIpc) is 3.33. The molecule has 182 valence electrons. The summed E-state index contributed by atoms with van der Waals surface area (Å²) in [6.45, 7) is 8.46. The van der Waals surface area contributed by atoms with Crippen molar-refractivity contribution in [2.45, 2.75) is 26.3 Å². The van der Waals surface area contributed by atoms with Crippen LogP contribution in [0.2, 0.25) is 0 Å². The summed E-state index contributed by atoms with van der Waals surface area (Å²) in [4.78, 5) is 32.5. The highest BCUT2D eigenvalue weighted by atomic mass is 16.5. The van der Waals surface area contributed by atoms with Crippen molar-refractivity contribution < 1.29 is 24.2 Å². The van der Waals surface area contributed by atoms with E-state index in [2.05, 4.69) is 11.6 Å². The van der Waals surface area contributed by atoms with Crippen LogP contribution in [0.4, 0.5) is 0 Å². The number of Topliss-reactive ketones (excluding diaryl/α,β-unsaturated/α-hetero) is 1. The van der Waals surface area contributed by atoms with Crippen LogP contribution in [0, 0.1) is 13.8 Å². The molecule has 2 aromatic heterocycles. The predicted octanol–water partition coefficient (Wildman–Crippen LogP) is 3.97. The SMILES string of the molecule is C=CCOc1cccc(C2/C(=C(\O)c3nc4c(C)cccn4c3C)C(=O)C(=O)N2CCCOC)c1. The number of hydrogen-bond donors (Lipinski definition) is 1. The second kappa shape index (κ2) is 10.1. The molecule has 8 heteroatoms. The van der Waals surface area contributed by atoms with Crippen molar-refractivity contribution in [1.29, 1.82) is 0 Å². The zero-order valence-corrected chi connectivity index (χ0v) is 20.2. The standard InChI is InChI=1S/C27H29N3O5/c1-5-14-35-20-11-6-10-19(16-20)23-21(25(32)27(33)30(23)13-8-15-34-4)24(31)22-18(3)29-12-7-9-17(2)26(29)28-22/h5-7,9-12,16,23,31H,1,8,13-15H2,2-4H3/b24-21+. The van der Waals surface area contributed by atoms with Crippen molar-refractivity contribution >= 4 is 23.1 Å². The molecular weight excluding hydrogens is 446 g/mol. The number of ether oxygens (including phenoxy) is 2. The lowest BCUT2D eigenvalue weighted by atomic mass is 9.96. The Bertz CT molecular complexity index is 1320. The van der Waals surface area contributed by atoms with Crippen molar-refractivity contribution in [3.8, 4) is 5.75 Å². The highest BCUT2D eigenvalue weighted by molar-refractivity contribution is 6.46. The lowest BCUT2D eigenvalue weighted by Crippen LogP contribution is -2.31. The zero-order chi connectivity index (χ0) is 25.1. The molecule has 1 N–H and O–H groups in total. The van der Waals surface area contributed by atoms with Crippen LogP contribution < -0.4 is 4.74 Å². The van der Waals surface area contributed by atoms with E-state index in [9.17, 15) is 14.7 Å². The smallest absolute Gasteiger partial charge is 0.295 e. The van der Waals surface area contributed by atoms with E-state index in [1.54, 1.807) is 31.4 Å². The molecule has 1 unspecified atom stereocenters. The van der Waals surface area contributed by atoms with E-state index in [-0.39, 0.29) is 17.0 Å². The number of nitrogens with zero attached hydrogens (tertiary/aromatic N) is 3. The molecule has 1 aliphatic heterocycles. The monoisotopic (exact) mass is 475 g/mol. The van der Waals surface area contributed by atoms with Gasteiger partial charge < -0.3 is 23.9 Å². The molecule has 8 nitrogen and oxygen atoms in total. The second-order valence-electron chi connectivity index (χ2n) is 8.44. The molecule has 1 aliphatic rings. The Morgan fingerprint density at radius 3 is 2.74 bits per heavy atom. The maximum atomic E-state index is 13.3. The number of carbonyl (C=O) groups excluding carboxylic acids is 2. The Balaban J connectivity index is 1.88. The molecule has 0 aliphatic carbocycles. The predicted molar refractivity (Wildman–Crippen MR) is 132 cm³/mol. The lowest BCUT2D eigenvalue weighted by Gasteiger charge is -2.25. The van der Waals surface area contributed by atoms with Gasteiger partial charge in [-0.2, -0.15) is 0 Å². The van der Waals surface area contributed by atoms with Gasteiger partial charge in [0.15, 0.2) is 5.76 Å². The summed E-state index contributed by atoms with van der Waals surface area (Å²) in [6, 6.07) is 10.2. The highest BCUT2D eigenvalue weighted by Gasteiger charge is 2.46. The number of carbonyl (C=O) groups is 2. The Hall–Kier alpha value is -3.91. The first-order chi connectivity index (χ1) is 16.9. The van der Waals surface area contributed by atoms with Crippen molar-refractivity contribution in [2.75, 3.05) is 26.9 Å². The topological polar surface area (TPSA) is 93.4 Å². The van der Waals surface area contributed by atoms with Crippen LogP contribution in [0.5, 0.6) is 5.75 Å². The molecule has 4 rings (SSSR count). The molecular formula is C27H29N3O5. The summed E-state index contributed by atoms with van der Waals surface area (Å²) in [5.41, 5.74) is 3.22. The summed E-state index contributed by atoms with van der Waals surface area (Å²) in [5.74, 6) is -1.12. The summed E-state index contributed by atoms with van der Waals surface area (Å²) in [5, 5.41) is 11.4. The minimum Gasteiger partial charge on any atom is -0.505 e. The van der Waals surface area contributed by atoms with Crippen molar-refractivity contribution in [1.82, 2.24) is 14.3 Å². The number of hydrogen-bond acceptors (Lipinski definition) is 6. The van der Waals surface area contributed by atoms with Crippen LogP contribution in [0.25, 0.3) is 11.4 Å². The fourth-order valence-corrected chi connectivity index (χ4v) is 4.44. The van der Waals surface area contributed by atoms with E-state index >= 15 is 0 Å². The van der Waals surface area contributed by atoms with Crippen molar-refractivity contribution in [3.05, 3.63) is 83.3 Å². The fraction of sp³-hybridized carbons (Fsp3) is 0.296. The van der Waals surface area contributed by atoms with Gasteiger partial charge in [0.05, 0.1) is 17.3 Å². The molecule has 1 aromatic carbocycles. The maximum Gasteiger partial charge on any atom is 0.295 e. The minimum atomic E-state index is -0.788. The van der Waals surface area contributed by atoms with Gasteiger partial charge in [-0.25, -0.2) is 4.98 Å². The number of ketones is 1. The lowest BCUT2D eigenvalue weighted by molar-refractivity contribution is -0.140. The normalized spacial score (nSPS) is 17.3. The van der Waals surface area contributed by atoms with E-state index < -0.39 is 17.7 Å². The first-order valence-electron chi connectivity index (χ1n) is 11.4. The summed E-state index contributed by atoms with van der Waals surface area (Å²) in [6.07, 6.45) is 4.03. The van der Waals surface area contributed by atoms with Gasteiger partial charge >= 0.3 is 0 Å².